The SMILES string of the molecule is Cc1ccc(N2c3ccccc3Oc3ccccc32)c2ccccc12.Cc1ccc2cccc3c2c1-c1nccnc1-3. The van der Waals surface area contributed by atoms with Crippen LogP contribution in [0.3, 0.4) is 0 Å². The van der Waals surface area contributed by atoms with Crippen LogP contribution in [0.2, 0.25) is 0 Å². The first-order valence-corrected chi connectivity index (χ1v) is 14.2. The van der Waals surface area contributed by atoms with Gasteiger partial charge in [0.1, 0.15) is 0 Å². The van der Waals surface area contributed by atoms with Gasteiger partial charge in [-0.15, -0.1) is 0 Å². The molecule has 1 aliphatic heterocycles. The molecule has 1 aromatic heterocycles. The zero-order valence-electron chi connectivity index (χ0n) is 23.4. The highest BCUT2D eigenvalue weighted by atomic mass is 16.5. The van der Waals surface area contributed by atoms with Crippen molar-refractivity contribution in [1.29, 1.82) is 0 Å². The topological polar surface area (TPSA) is 38.2 Å². The van der Waals surface area contributed by atoms with E-state index in [0.717, 1.165) is 34.3 Å². The minimum absolute atomic E-state index is 0.880. The monoisotopic (exact) mass is 541 g/mol. The maximum atomic E-state index is 6.12. The Morgan fingerprint density at radius 3 is 1.93 bits per heavy atom. The van der Waals surface area contributed by atoms with E-state index in [9.17, 15) is 0 Å². The normalized spacial score (nSPS) is 12.2. The molecular weight excluding hydrogens is 514 g/mol. The molecule has 200 valence electrons. The second-order valence-corrected chi connectivity index (χ2v) is 10.7. The highest BCUT2D eigenvalue weighted by molar-refractivity contribution is 6.14. The van der Waals surface area contributed by atoms with E-state index < -0.39 is 0 Å². The van der Waals surface area contributed by atoms with Crippen LogP contribution in [0.15, 0.2) is 128 Å². The fourth-order valence-corrected chi connectivity index (χ4v) is 6.30. The minimum Gasteiger partial charge on any atom is -0.453 e. The summed E-state index contributed by atoms with van der Waals surface area (Å²) in [4.78, 5) is 11.3. The van der Waals surface area contributed by atoms with Crippen molar-refractivity contribution in [3.8, 4) is 34.0 Å². The van der Waals surface area contributed by atoms with E-state index in [1.807, 2.05) is 24.3 Å². The number of fused-ring (bicyclic) bond motifs is 6. The zero-order valence-corrected chi connectivity index (χ0v) is 23.4. The standard InChI is InChI=1S/C23H17NO.C15H10N2/c1-16-14-15-19(18-9-3-2-8-17(16)18)24-20-10-4-6-12-22(20)25-23-13-7-5-11-21(23)24;1-9-5-6-10-3-2-4-11-13(10)12(9)15-14(11)16-7-8-17-15/h2-15H,1H3;2-8H,1H3. The van der Waals surface area contributed by atoms with E-state index in [0.29, 0.717) is 0 Å². The Balaban J connectivity index is 0.000000136. The largest absolute Gasteiger partial charge is 0.453 e. The Hall–Kier alpha value is -5.48. The molecule has 4 nitrogen and oxygen atoms in total. The van der Waals surface area contributed by atoms with Gasteiger partial charge in [0, 0.05) is 34.3 Å². The molecule has 0 unspecified atom stereocenters. The number of hydrogen-bond acceptors (Lipinski definition) is 4. The number of aryl methyl sites for hydroxylation is 2. The van der Waals surface area contributed by atoms with Crippen molar-refractivity contribution in [2.24, 2.45) is 0 Å². The summed E-state index contributed by atoms with van der Waals surface area (Å²) in [6, 6.07) is 40.1. The van der Waals surface area contributed by atoms with Crippen molar-refractivity contribution in [1.82, 2.24) is 9.97 Å². The number of benzene rings is 6. The van der Waals surface area contributed by atoms with Crippen LogP contribution in [0.25, 0.3) is 44.1 Å². The summed E-state index contributed by atoms with van der Waals surface area (Å²) in [6.45, 7) is 4.29. The lowest BCUT2D eigenvalue weighted by molar-refractivity contribution is 0.477. The molecule has 0 spiro atoms. The van der Waals surface area contributed by atoms with Crippen molar-refractivity contribution < 1.29 is 4.74 Å². The number of para-hydroxylation sites is 4. The number of ether oxygens (including phenoxy) is 1. The molecule has 9 rings (SSSR count). The summed E-state index contributed by atoms with van der Waals surface area (Å²) in [7, 11) is 0. The van der Waals surface area contributed by atoms with Gasteiger partial charge in [-0.25, -0.2) is 0 Å². The number of hydrogen-bond donors (Lipinski definition) is 0. The zero-order chi connectivity index (χ0) is 28.2. The summed E-state index contributed by atoms with van der Waals surface area (Å²) >= 11 is 0. The number of anilines is 3. The smallest absolute Gasteiger partial charge is 0.151 e. The van der Waals surface area contributed by atoms with Crippen LogP contribution in [0.5, 0.6) is 11.5 Å². The second kappa shape index (κ2) is 9.57. The second-order valence-electron chi connectivity index (χ2n) is 10.7. The van der Waals surface area contributed by atoms with E-state index in [4.69, 9.17) is 4.74 Å². The predicted molar refractivity (Wildman–Crippen MR) is 172 cm³/mol. The van der Waals surface area contributed by atoms with E-state index in [2.05, 4.69) is 120 Å². The Morgan fingerprint density at radius 2 is 1.17 bits per heavy atom. The summed E-state index contributed by atoms with van der Waals surface area (Å²) in [5.74, 6) is 1.76. The number of aromatic nitrogens is 2. The third kappa shape index (κ3) is 3.69. The highest BCUT2D eigenvalue weighted by Crippen LogP contribution is 2.51. The van der Waals surface area contributed by atoms with Gasteiger partial charge in [0.2, 0.25) is 0 Å². The molecule has 0 atom stereocenters. The van der Waals surface area contributed by atoms with Gasteiger partial charge in [0.25, 0.3) is 0 Å². The van der Waals surface area contributed by atoms with Gasteiger partial charge >= 0.3 is 0 Å². The van der Waals surface area contributed by atoms with E-state index in [-0.39, 0.29) is 0 Å². The molecule has 6 aromatic carbocycles. The van der Waals surface area contributed by atoms with Crippen LogP contribution in [0.4, 0.5) is 17.1 Å². The molecule has 2 aliphatic rings. The molecule has 2 heterocycles. The lowest BCUT2D eigenvalue weighted by Crippen LogP contribution is -2.16. The van der Waals surface area contributed by atoms with Gasteiger partial charge in [-0.05, 0) is 66.1 Å². The number of rotatable bonds is 1. The fraction of sp³-hybridized carbons (Fsp3) is 0.0526. The van der Waals surface area contributed by atoms with E-state index >= 15 is 0 Å². The van der Waals surface area contributed by atoms with Crippen molar-refractivity contribution in [2.75, 3.05) is 4.90 Å². The quantitative estimate of drug-likeness (QED) is 0.207. The van der Waals surface area contributed by atoms with Gasteiger partial charge in [-0.3, -0.25) is 9.97 Å². The molecule has 0 fully saturated rings. The summed E-state index contributed by atoms with van der Waals surface area (Å²) in [5.41, 5.74) is 10.4. The Morgan fingerprint density at radius 1 is 0.524 bits per heavy atom. The molecule has 42 heavy (non-hydrogen) atoms. The maximum absolute atomic E-state index is 6.12. The minimum atomic E-state index is 0.880. The van der Waals surface area contributed by atoms with Crippen molar-refractivity contribution >= 4 is 38.6 Å². The molecule has 0 bridgehead atoms. The first kappa shape index (κ1) is 24.3. The van der Waals surface area contributed by atoms with Crippen LogP contribution in [-0.4, -0.2) is 9.97 Å². The average molecular weight is 542 g/mol. The lowest BCUT2D eigenvalue weighted by Gasteiger charge is -2.33. The van der Waals surface area contributed by atoms with Gasteiger partial charge < -0.3 is 9.64 Å². The molecule has 0 N–H and O–H groups in total. The van der Waals surface area contributed by atoms with Crippen molar-refractivity contribution in [3.05, 3.63) is 139 Å². The van der Waals surface area contributed by atoms with Gasteiger partial charge in [0.05, 0.1) is 28.5 Å². The van der Waals surface area contributed by atoms with Crippen LogP contribution < -0.4 is 9.64 Å². The molecule has 0 saturated carbocycles. The third-order valence-corrected chi connectivity index (χ3v) is 8.24. The lowest BCUT2D eigenvalue weighted by atomic mass is 10.0. The summed E-state index contributed by atoms with van der Waals surface area (Å²) < 4.78 is 6.12. The predicted octanol–water partition coefficient (Wildman–Crippen LogP) is 10.3. The van der Waals surface area contributed by atoms with Crippen LogP contribution >= 0.6 is 0 Å². The molecular formula is C38H27N3O. The van der Waals surface area contributed by atoms with Crippen LogP contribution in [-0.2, 0) is 0 Å². The first-order valence-electron chi connectivity index (χ1n) is 14.2. The van der Waals surface area contributed by atoms with Crippen LogP contribution in [0.1, 0.15) is 11.1 Å². The Kier molecular flexibility index (Phi) is 5.54. The molecule has 0 amide bonds. The van der Waals surface area contributed by atoms with Crippen molar-refractivity contribution in [2.45, 2.75) is 13.8 Å². The fourth-order valence-electron chi connectivity index (χ4n) is 6.30. The van der Waals surface area contributed by atoms with Gasteiger partial charge in [-0.1, -0.05) is 84.9 Å². The van der Waals surface area contributed by atoms with E-state index in [1.54, 1.807) is 12.4 Å². The van der Waals surface area contributed by atoms with Gasteiger partial charge in [-0.2, -0.15) is 0 Å². The third-order valence-electron chi connectivity index (χ3n) is 8.24. The molecule has 1 aliphatic carbocycles. The summed E-state index contributed by atoms with van der Waals surface area (Å²) in [5, 5.41) is 5.09. The Bertz CT molecular complexity index is 2120. The van der Waals surface area contributed by atoms with E-state index in [1.165, 1.54) is 49.5 Å². The summed E-state index contributed by atoms with van der Waals surface area (Å²) in [6.07, 6.45) is 3.53. The molecule has 0 radical (unpaired) electrons. The average Bonchev–Trinajstić information content (AvgIpc) is 3.39. The maximum Gasteiger partial charge on any atom is 0.151 e. The van der Waals surface area contributed by atoms with Crippen molar-refractivity contribution in [3.63, 3.8) is 0 Å². The molecule has 0 saturated heterocycles. The van der Waals surface area contributed by atoms with Gasteiger partial charge in [0.15, 0.2) is 11.5 Å². The number of nitrogens with zero attached hydrogens (tertiary/aromatic N) is 3. The molecule has 7 aromatic rings. The highest BCUT2D eigenvalue weighted by Gasteiger charge is 2.27. The molecule has 4 heteroatoms. The van der Waals surface area contributed by atoms with Crippen LogP contribution in [0, 0.1) is 13.8 Å². The Labute approximate surface area is 244 Å². The first-order chi connectivity index (χ1) is 20.7.